The lowest BCUT2D eigenvalue weighted by molar-refractivity contribution is -0.0341. The average molecular weight is 213 g/mol. The van der Waals surface area contributed by atoms with Gasteiger partial charge in [-0.25, -0.2) is 0 Å². The fraction of sp³-hybridized carbons (Fsp3) is 1.00. The van der Waals surface area contributed by atoms with E-state index in [1.54, 1.807) is 0 Å². The SMILES string of the molecule is OCCC1CCCC1NCC1(O)CCC1. The van der Waals surface area contributed by atoms with Crippen LogP contribution < -0.4 is 5.32 Å². The quantitative estimate of drug-likeness (QED) is 0.639. The number of aliphatic hydroxyl groups excluding tert-OH is 1. The Morgan fingerprint density at radius 3 is 2.60 bits per heavy atom. The van der Waals surface area contributed by atoms with Crippen LogP contribution >= 0.6 is 0 Å². The van der Waals surface area contributed by atoms with E-state index in [2.05, 4.69) is 5.32 Å². The predicted molar refractivity (Wildman–Crippen MR) is 59.6 cm³/mol. The summed E-state index contributed by atoms with van der Waals surface area (Å²) < 4.78 is 0. The molecule has 3 nitrogen and oxygen atoms in total. The lowest BCUT2D eigenvalue weighted by atomic mass is 9.80. The highest BCUT2D eigenvalue weighted by molar-refractivity contribution is 4.92. The van der Waals surface area contributed by atoms with Crippen molar-refractivity contribution in [1.82, 2.24) is 5.32 Å². The molecule has 0 bridgehead atoms. The summed E-state index contributed by atoms with van der Waals surface area (Å²) in [5.41, 5.74) is -0.410. The van der Waals surface area contributed by atoms with Crippen LogP contribution in [-0.4, -0.2) is 35.0 Å². The molecule has 0 amide bonds. The van der Waals surface area contributed by atoms with Gasteiger partial charge in [0.25, 0.3) is 0 Å². The zero-order valence-corrected chi connectivity index (χ0v) is 9.41. The Hall–Kier alpha value is -0.120. The van der Waals surface area contributed by atoms with Crippen molar-refractivity contribution in [1.29, 1.82) is 0 Å². The van der Waals surface area contributed by atoms with Gasteiger partial charge >= 0.3 is 0 Å². The smallest absolute Gasteiger partial charge is 0.0771 e. The third-order valence-electron chi connectivity index (χ3n) is 4.14. The van der Waals surface area contributed by atoms with Crippen molar-refractivity contribution in [3.63, 3.8) is 0 Å². The molecule has 0 aromatic heterocycles. The van der Waals surface area contributed by atoms with Gasteiger partial charge in [0, 0.05) is 19.2 Å². The van der Waals surface area contributed by atoms with Crippen LogP contribution in [0.2, 0.25) is 0 Å². The fourth-order valence-corrected chi connectivity index (χ4v) is 2.90. The van der Waals surface area contributed by atoms with Gasteiger partial charge in [-0.15, -0.1) is 0 Å². The first-order valence-corrected chi connectivity index (χ1v) is 6.30. The highest BCUT2D eigenvalue weighted by atomic mass is 16.3. The molecule has 3 N–H and O–H groups in total. The molecular formula is C12H23NO2. The second-order valence-corrected chi connectivity index (χ2v) is 5.27. The molecule has 15 heavy (non-hydrogen) atoms. The number of rotatable bonds is 5. The molecular weight excluding hydrogens is 190 g/mol. The van der Waals surface area contributed by atoms with Crippen molar-refractivity contribution in [2.75, 3.05) is 13.2 Å². The zero-order valence-electron chi connectivity index (χ0n) is 9.41. The summed E-state index contributed by atoms with van der Waals surface area (Å²) in [6, 6.07) is 0.529. The number of hydrogen-bond donors (Lipinski definition) is 3. The molecule has 0 aromatic rings. The molecule has 88 valence electrons. The van der Waals surface area contributed by atoms with Crippen molar-refractivity contribution < 1.29 is 10.2 Å². The second-order valence-electron chi connectivity index (χ2n) is 5.27. The van der Waals surface area contributed by atoms with E-state index in [9.17, 15) is 5.11 Å². The Kier molecular flexibility index (Phi) is 3.65. The first-order chi connectivity index (χ1) is 7.23. The highest BCUT2D eigenvalue weighted by Crippen LogP contribution is 2.33. The van der Waals surface area contributed by atoms with Gasteiger partial charge in [0.15, 0.2) is 0 Å². The topological polar surface area (TPSA) is 52.5 Å². The molecule has 2 atom stereocenters. The van der Waals surface area contributed by atoms with Gasteiger partial charge in [-0.2, -0.15) is 0 Å². The summed E-state index contributed by atoms with van der Waals surface area (Å²) in [6.45, 7) is 1.05. The largest absolute Gasteiger partial charge is 0.396 e. The van der Waals surface area contributed by atoms with E-state index in [1.165, 1.54) is 25.7 Å². The molecule has 0 saturated heterocycles. The van der Waals surface area contributed by atoms with Gasteiger partial charge in [-0.05, 0) is 44.4 Å². The van der Waals surface area contributed by atoms with Crippen LogP contribution in [0.3, 0.4) is 0 Å². The Balaban J connectivity index is 1.73. The third kappa shape index (κ3) is 2.71. The van der Waals surface area contributed by atoms with Crippen LogP contribution in [0.4, 0.5) is 0 Å². The Morgan fingerprint density at radius 2 is 2.00 bits per heavy atom. The fourth-order valence-electron chi connectivity index (χ4n) is 2.90. The van der Waals surface area contributed by atoms with Crippen molar-refractivity contribution in [3.05, 3.63) is 0 Å². The second kappa shape index (κ2) is 4.81. The van der Waals surface area contributed by atoms with Gasteiger partial charge < -0.3 is 15.5 Å². The minimum absolute atomic E-state index is 0.299. The van der Waals surface area contributed by atoms with Crippen molar-refractivity contribution in [3.8, 4) is 0 Å². The molecule has 0 aliphatic heterocycles. The van der Waals surface area contributed by atoms with E-state index >= 15 is 0 Å². The summed E-state index contributed by atoms with van der Waals surface area (Å²) in [7, 11) is 0. The van der Waals surface area contributed by atoms with Gasteiger partial charge in [0.1, 0.15) is 0 Å². The molecule has 0 spiro atoms. The lowest BCUT2D eigenvalue weighted by Crippen LogP contribution is -2.49. The Bertz CT molecular complexity index is 204. The molecule has 2 saturated carbocycles. The standard InChI is InChI=1S/C12H23NO2/c14-8-5-10-3-1-4-11(10)13-9-12(15)6-2-7-12/h10-11,13-15H,1-9H2. The van der Waals surface area contributed by atoms with Crippen LogP contribution in [0.1, 0.15) is 44.9 Å². The summed E-state index contributed by atoms with van der Waals surface area (Å²) in [5.74, 6) is 0.624. The van der Waals surface area contributed by atoms with Gasteiger partial charge in [0.05, 0.1) is 5.60 Å². The van der Waals surface area contributed by atoms with Crippen molar-refractivity contribution >= 4 is 0 Å². The van der Waals surface area contributed by atoms with Crippen LogP contribution in [0, 0.1) is 5.92 Å². The average Bonchev–Trinajstić information content (AvgIpc) is 2.60. The monoisotopic (exact) mass is 213 g/mol. The van der Waals surface area contributed by atoms with E-state index in [0.717, 1.165) is 25.8 Å². The van der Waals surface area contributed by atoms with Crippen LogP contribution in [0.25, 0.3) is 0 Å². The summed E-state index contributed by atoms with van der Waals surface area (Å²) >= 11 is 0. The van der Waals surface area contributed by atoms with Gasteiger partial charge in [-0.1, -0.05) is 6.42 Å². The molecule has 2 aliphatic carbocycles. The minimum Gasteiger partial charge on any atom is -0.396 e. The molecule has 0 aromatic carbocycles. The van der Waals surface area contributed by atoms with E-state index in [1.807, 2.05) is 0 Å². The summed E-state index contributed by atoms with van der Waals surface area (Å²) in [5, 5.41) is 22.4. The maximum atomic E-state index is 9.97. The Morgan fingerprint density at radius 1 is 1.20 bits per heavy atom. The van der Waals surface area contributed by atoms with Crippen molar-refractivity contribution in [2.45, 2.75) is 56.6 Å². The van der Waals surface area contributed by atoms with Crippen LogP contribution in [-0.2, 0) is 0 Å². The maximum Gasteiger partial charge on any atom is 0.0771 e. The van der Waals surface area contributed by atoms with E-state index in [-0.39, 0.29) is 0 Å². The molecule has 2 fully saturated rings. The molecule has 0 heterocycles. The number of aliphatic hydroxyl groups is 2. The van der Waals surface area contributed by atoms with Gasteiger partial charge in [0.2, 0.25) is 0 Å². The number of nitrogens with one attached hydrogen (secondary N) is 1. The number of hydrogen-bond acceptors (Lipinski definition) is 3. The Labute approximate surface area is 91.9 Å². The first kappa shape index (κ1) is 11.4. The van der Waals surface area contributed by atoms with E-state index in [0.29, 0.717) is 18.6 Å². The zero-order chi connectivity index (χ0) is 10.7. The lowest BCUT2D eigenvalue weighted by Gasteiger charge is -2.38. The first-order valence-electron chi connectivity index (χ1n) is 6.30. The molecule has 2 aliphatic rings. The van der Waals surface area contributed by atoms with E-state index < -0.39 is 5.60 Å². The molecule has 2 unspecified atom stereocenters. The maximum absolute atomic E-state index is 9.97. The summed E-state index contributed by atoms with van der Waals surface area (Å²) in [4.78, 5) is 0. The minimum atomic E-state index is -0.410. The molecule has 3 heteroatoms. The third-order valence-corrected chi connectivity index (χ3v) is 4.14. The van der Waals surface area contributed by atoms with Crippen molar-refractivity contribution in [2.24, 2.45) is 5.92 Å². The summed E-state index contributed by atoms with van der Waals surface area (Å²) in [6.07, 6.45) is 7.70. The van der Waals surface area contributed by atoms with E-state index in [4.69, 9.17) is 5.11 Å². The predicted octanol–water partition coefficient (Wildman–Crippen LogP) is 1.04. The van der Waals surface area contributed by atoms with Crippen LogP contribution in [0.5, 0.6) is 0 Å². The van der Waals surface area contributed by atoms with Gasteiger partial charge in [-0.3, -0.25) is 0 Å². The highest BCUT2D eigenvalue weighted by Gasteiger charge is 2.36. The molecule has 0 radical (unpaired) electrons. The molecule has 2 rings (SSSR count). The normalized spacial score (nSPS) is 34.0. The van der Waals surface area contributed by atoms with Crippen LogP contribution in [0.15, 0.2) is 0 Å².